The van der Waals surface area contributed by atoms with Crippen LogP contribution in [0.4, 0.5) is 11.4 Å². The minimum atomic E-state index is -3.70. The van der Waals surface area contributed by atoms with Crippen molar-refractivity contribution in [2.45, 2.75) is 32.9 Å². The lowest BCUT2D eigenvalue weighted by Gasteiger charge is -2.28. The van der Waals surface area contributed by atoms with Crippen LogP contribution in [0.3, 0.4) is 0 Å². The third kappa shape index (κ3) is 5.32. The second-order valence-corrected chi connectivity index (χ2v) is 8.59. The Labute approximate surface area is 165 Å². The monoisotopic (exact) mass is 403 g/mol. The zero-order valence-electron chi connectivity index (χ0n) is 16.3. The van der Waals surface area contributed by atoms with E-state index in [2.05, 4.69) is 10.6 Å². The van der Waals surface area contributed by atoms with Crippen molar-refractivity contribution in [3.05, 3.63) is 60.2 Å². The molecule has 1 atom stereocenters. The third-order valence-corrected chi connectivity index (χ3v) is 5.19. The maximum absolute atomic E-state index is 12.8. The van der Waals surface area contributed by atoms with Gasteiger partial charge in [0.2, 0.25) is 15.9 Å². The van der Waals surface area contributed by atoms with Gasteiger partial charge in [0.1, 0.15) is 6.04 Å². The highest BCUT2D eigenvalue weighted by molar-refractivity contribution is 7.92. The second kappa shape index (κ2) is 8.88. The quantitative estimate of drug-likeness (QED) is 0.743. The first-order valence-electron chi connectivity index (χ1n) is 8.86. The van der Waals surface area contributed by atoms with Crippen LogP contribution in [0.15, 0.2) is 54.6 Å². The molecule has 7 nitrogen and oxygen atoms in total. The van der Waals surface area contributed by atoms with Crippen LogP contribution in [0.5, 0.6) is 0 Å². The van der Waals surface area contributed by atoms with Gasteiger partial charge in [-0.25, -0.2) is 8.42 Å². The van der Waals surface area contributed by atoms with Gasteiger partial charge < -0.3 is 10.6 Å². The molecule has 0 aliphatic heterocycles. The summed E-state index contributed by atoms with van der Waals surface area (Å²) in [5.74, 6) is -0.861. The van der Waals surface area contributed by atoms with Gasteiger partial charge >= 0.3 is 0 Å². The molecule has 0 spiro atoms. The van der Waals surface area contributed by atoms with Crippen molar-refractivity contribution in [2.75, 3.05) is 15.9 Å². The Morgan fingerprint density at radius 2 is 1.50 bits per heavy atom. The van der Waals surface area contributed by atoms with Crippen molar-refractivity contribution >= 4 is 33.2 Å². The highest BCUT2D eigenvalue weighted by Crippen LogP contribution is 2.22. The van der Waals surface area contributed by atoms with Crippen molar-refractivity contribution < 1.29 is 18.0 Å². The average molecular weight is 404 g/mol. The normalized spacial score (nSPS) is 12.3. The predicted octanol–water partition coefficient (Wildman–Crippen LogP) is 2.62. The molecule has 28 heavy (non-hydrogen) atoms. The molecule has 2 rings (SSSR count). The Morgan fingerprint density at radius 1 is 0.929 bits per heavy atom. The Balaban J connectivity index is 2.30. The van der Waals surface area contributed by atoms with Crippen molar-refractivity contribution in [3.63, 3.8) is 0 Å². The summed E-state index contributed by atoms with van der Waals surface area (Å²) in [6.07, 6.45) is 1.05. The lowest BCUT2D eigenvalue weighted by atomic mass is 10.1. The maximum Gasteiger partial charge on any atom is 0.253 e. The standard InChI is InChI=1S/C20H25N3O4S/c1-14(2)21-20(25)17-12-8-9-13-18(17)22-19(24)15(3)23(28(4,26)27)16-10-6-5-7-11-16/h5-15H,1-4H3,(H,21,25)(H,22,24). The minimum absolute atomic E-state index is 0.0611. The van der Waals surface area contributed by atoms with Crippen LogP contribution >= 0.6 is 0 Å². The number of benzene rings is 2. The molecule has 0 bridgehead atoms. The molecule has 150 valence electrons. The van der Waals surface area contributed by atoms with E-state index in [1.165, 1.54) is 6.92 Å². The molecule has 8 heteroatoms. The van der Waals surface area contributed by atoms with Crippen molar-refractivity contribution in [3.8, 4) is 0 Å². The molecular formula is C20H25N3O4S. The van der Waals surface area contributed by atoms with E-state index in [9.17, 15) is 18.0 Å². The lowest BCUT2D eigenvalue weighted by Crippen LogP contribution is -2.45. The second-order valence-electron chi connectivity index (χ2n) is 6.73. The molecule has 2 aromatic rings. The van der Waals surface area contributed by atoms with E-state index in [0.717, 1.165) is 10.6 Å². The summed E-state index contributed by atoms with van der Waals surface area (Å²) in [4.78, 5) is 25.2. The van der Waals surface area contributed by atoms with Crippen molar-refractivity contribution in [1.29, 1.82) is 0 Å². The first-order chi connectivity index (χ1) is 13.1. The molecule has 1 unspecified atom stereocenters. The van der Waals surface area contributed by atoms with E-state index in [4.69, 9.17) is 0 Å². The number of hydrogen-bond donors (Lipinski definition) is 2. The fourth-order valence-electron chi connectivity index (χ4n) is 2.75. The van der Waals surface area contributed by atoms with Gasteiger partial charge in [0.25, 0.3) is 5.91 Å². The zero-order valence-corrected chi connectivity index (χ0v) is 17.2. The van der Waals surface area contributed by atoms with Gasteiger partial charge in [-0.15, -0.1) is 0 Å². The van der Waals surface area contributed by atoms with Gasteiger partial charge in [-0.3, -0.25) is 13.9 Å². The molecule has 2 aromatic carbocycles. The number of nitrogens with one attached hydrogen (secondary N) is 2. The van der Waals surface area contributed by atoms with Crippen LogP contribution in [0.2, 0.25) is 0 Å². The first-order valence-corrected chi connectivity index (χ1v) is 10.7. The van der Waals surface area contributed by atoms with Gasteiger partial charge in [0.15, 0.2) is 0 Å². The van der Waals surface area contributed by atoms with E-state index < -0.39 is 22.0 Å². The highest BCUT2D eigenvalue weighted by atomic mass is 32.2. The summed E-state index contributed by atoms with van der Waals surface area (Å²) in [6, 6.07) is 13.9. The number of hydrogen-bond acceptors (Lipinski definition) is 4. The molecule has 2 amide bonds. The summed E-state index contributed by atoms with van der Waals surface area (Å²) < 4.78 is 25.7. The Kier molecular flexibility index (Phi) is 6.80. The third-order valence-electron chi connectivity index (χ3n) is 3.95. The van der Waals surface area contributed by atoms with E-state index in [1.807, 2.05) is 13.8 Å². The predicted molar refractivity (Wildman–Crippen MR) is 111 cm³/mol. The average Bonchev–Trinajstić information content (AvgIpc) is 2.61. The molecule has 0 aliphatic rings. The van der Waals surface area contributed by atoms with Crippen LogP contribution < -0.4 is 14.9 Å². The summed E-state index contributed by atoms with van der Waals surface area (Å²) >= 11 is 0. The first kappa shape index (κ1) is 21.4. The fraction of sp³-hybridized carbons (Fsp3) is 0.300. The molecular weight excluding hydrogens is 378 g/mol. The van der Waals surface area contributed by atoms with E-state index in [1.54, 1.807) is 54.6 Å². The number of carbonyl (C=O) groups excluding carboxylic acids is 2. The summed E-state index contributed by atoms with van der Waals surface area (Å²) in [5.41, 5.74) is 1.01. The molecule has 0 heterocycles. The van der Waals surface area contributed by atoms with Gasteiger partial charge in [0.05, 0.1) is 23.2 Å². The number of amides is 2. The molecule has 0 saturated carbocycles. The van der Waals surface area contributed by atoms with E-state index in [-0.39, 0.29) is 11.9 Å². The van der Waals surface area contributed by atoms with Gasteiger partial charge in [0, 0.05) is 6.04 Å². The van der Waals surface area contributed by atoms with Crippen molar-refractivity contribution in [2.24, 2.45) is 0 Å². The largest absolute Gasteiger partial charge is 0.350 e. The number of carbonyl (C=O) groups is 2. The maximum atomic E-state index is 12.8. The van der Waals surface area contributed by atoms with Gasteiger partial charge in [-0.05, 0) is 45.0 Å². The molecule has 0 aliphatic carbocycles. The van der Waals surface area contributed by atoms with Gasteiger partial charge in [-0.2, -0.15) is 0 Å². The fourth-order valence-corrected chi connectivity index (χ4v) is 3.93. The number of sulfonamides is 1. The lowest BCUT2D eigenvalue weighted by molar-refractivity contribution is -0.116. The Morgan fingerprint density at radius 3 is 2.07 bits per heavy atom. The van der Waals surface area contributed by atoms with Crippen LogP contribution in [0, 0.1) is 0 Å². The van der Waals surface area contributed by atoms with E-state index in [0.29, 0.717) is 16.9 Å². The minimum Gasteiger partial charge on any atom is -0.350 e. The number of anilines is 2. The number of nitrogens with zero attached hydrogens (tertiary/aromatic N) is 1. The Hall–Kier alpha value is -2.87. The summed E-state index contributed by atoms with van der Waals surface area (Å²) in [5, 5.41) is 5.46. The number of para-hydroxylation sites is 2. The van der Waals surface area contributed by atoms with Crippen LogP contribution in [-0.4, -0.2) is 38.6 Å². The van der Waals surface area contributed by atoms with Crippen LogP contribution in [-0.2, 0) is 14.8 Å². The molecule has 0 radical (unpaired) electrons. The summed E-state index contributed by atoms with van der Waals surface area (Å²) in [6.45, 7) is 5.18. The summed E-state index contributed by atoms with van der Waals surface area (Å²) in [7, 11) is -3.70. The Bertz CT molecular complexity index is 943. The highest BCUT2D eigenvalue weighted by Gasteiger charge is 2.29. The van der Waals surface area contributed by atoms with E-state index >= 15 is 0 Å². The smallest absolute Gasteiger partial charge is 0.253 e. The SMILES string of the molecule is CC(C)NC(=O)c1ccccc1NC(=O)C(C)N(c1ccccc1)S(C)(=O)=O. The van der Waals surface area contributed by atoms with Crippen LogP contribution in [0.1, 0.15) is 31.1 Å². The molecule has 0 saturated heterocycles. The topological polar surface area (TPSA) is 95.6 Å². The molecule has 2 N–H and O–H groups in total. The molecule has 0 fully saturated rings. The van der Waals surface area contributed by atoms with Gasteiger partial charge in [-0.1, -0.05) is 30.3 Å². The molecule has 0 aromatic heterocycles. The zero-order chi connectivity index (χ0) is 20.9. The van der Waals surface area contributed by atoms with Crippen molar-refractivity contribution in [1.82, 2.24) is 5.32 Å². The van der Waals surface area contributed by atoms with Crippen LogP contribution in [0.25, 0.3) is 0 Å². The number of rotatable bonds is 7.